The second-order valence-corrected chi connectivity index (χ2v) is 4.43. The van der Waals surface area contributed by atoms with E-state index in [9.17, 15) is 4.79 Å². The van der Waals surface area contributed by atoms with Crippen LogP contribution in [0.5, 0.6) is 0 Å². The zero-order valence-corrected chi connectivity index (χ0v) is 10.9. The van der Waals surface area contributed by atoms with Crippen molar-refractivity contribution in [2.75, 3.05) is 7.11 Å². The molecule has 0 unspecified atom stereocenters. The monoisotopic (exact) mass is 365 g/mol. The molecule has 72 valence electrons. The Balaban J connectivity index is 3.33. The summed E-state index contributed by atoms with van der Waals surface area (Å²) in [6.45, 7) is 0. The number of methoxy groups -OCH3 is 1. The Bertz CT molecular complexity index is 426. The number of carbonyl (C=O) groups excluding carboxylic acids is 1. The van der Waals surface area contributed by atoms with Gasteiger partial charge in [0.25, 0.3) is 0 Å². The van der Waals surface area contributed by atoms with Gasteiger partial charge >= 0.3 is 5.97 Å². The smallest absolute Gasteiger partial charge is 0.339 e. The van der Waals surface area contributed by atoms with Gasteiger partial charge in [-0.3, -0.25) is 0 Å². The third kappa shape index (κ3) is 2.25. The van der Waals surface area contributed by atoms with Crippen molar-refractivity contribution in [2.24, 2.45) is 0 Å². The van der Waals surface area contributed by atoms with Gasteiger partial charge < -0.3 is 4.74 Å². The third-order valence-electron chi connectivity index (χ3n) is 1.58. The van der Waals surface area contributed by atoms with Crippen LogP contribution in [0.3, 0.4) is 0 Å². The Hall–Kier alpha value is -0.610. The van der Waals surface area contributed by atoms with E-state index in [4.69, 9.17) is 5.26 Å². The average Bonchev–Trinajstić information content (AvgIpc) is 2.17. The number of carbonyl (C=O) groups is 1. The van der Waals surface area contributed by atoms with Crippen molar-refractivity contribution in [3.8, 4) is 6.07 Å². The molecule has 0 saturated carbocycles. The largest absolute Gasteiger partial charge is 0.465 e. The standard InChI is InChI=1S/C9H5BrINO2/c1-14-9(13)6-2-5(4-12)8(11)3-7(6)10/h2-3H,1H3. The number of rotatable bonds is 1. The van der Waals surface area contributed by atoms with Gasteiger partial charge in [-0.2, -0.15) is 5.26 Å². The highest BCUT2D eigenvalue weighted by molar-refractivity contribution is 14.1. The van der Waals surface area contributed by atoms with Crippen LogP contribution in [0.1, 0.15) is 15.9 Å². The summed E-state index contributed by atoms with van der Waals surface area (Å²) in [4.78, 5) is 11.2. The van der Waals surface area contributed by atoms with E-state index in [1.807, 2.05) is 28.7 Å². The van der Waals surface area contributed by atoms with Crippen LogP contribution < -0.4 is 0 Å². The zero-order chi connectivity index (χ0) is 10.7. The first kappa shape index (κ1) is 11.5. The number of nitriles is 1. The fourth-order valence-electron chi connectivity index (χ4n) is 0.901. The van der Waals surface area contributed by atoms with E-state index in [2.05, 4.69) is 20.7 Å². The normalized spacial score (nSPS) is 9.29. The van der Waals surface area contributed by atoms with Crippen LogP contribution in [0, 0.1) is 14.9 Å². The van der Waals surface area contributed by atoms with Crippen molar-refractivity contribution >= 4 is 44.5 Å². The molecule has 0 fully saturated rings. The molecule has 0 amide bonds. The lowest BCUT2D eigenvalue weighted by atomic mass is 10.1. The Morgan fingerprint density at radius 2 is 2.29 bits per heavy atom. The van der Waals surface area contributed by atoms with Gasteiger partial charge in [0.05, 0.1) is 18.2 Å². The van der Waals surface area contributed by atoms with Crippen LogP contribution >= 0.6 is 38.5 Å². The number of ether oxygens (including phenoxy) is 1. The maximum atomic E-state index is 11.2. The molecule has 0 heterocycles. The molecule has 1 rings (SSSR count). The van der Waals surface area contributed by atoms with E-state index < -0.39 is 5.97 Å². The summed E-state index contributed by atoms with van der Waals surface area (Å²) in [6, 6.07) is 5.23. The van der Waals surface area contributed by atoms with Crippen LogP contribution in [0.2, 0.25) is 0 Å². The van der Waals surface area contributed by atoms with Crippen molar-refractivity contribution in [3.05, 3.63) is 31.3 Å². The Kier molecular flexibility index (Phi) is 3.89. The van der Waals surface area contributed by atoms with Crippen LogP contribution in [0.25, 0.3) is 0 Å². The highest BCUT2D eigenvalue weighted by atomic mass is 127. The van der Waals surface area contributed by atoms with Gasteiger partial charge in [-0.05, 0) is 50.7 Å². The summed E-state index contributed by atoms with van der Waals surface area (Å²) in [5.74, 6) is -0.454. The van der Waals surface area contributed by atoms with Crippen molar-refractivity contribution in [3.63, 3.8) is 0 Å². The highest BCUT2D eigenvalue weighted by Gasteiger charge is 2.13. The van der Waals surface area contributed by atoms with Gasteiger partial charge in [0, 0.05) is 8.04 Å². The van der Waals surface area contributed by atoms with E-state index in [-0.39, 0.29) is 0 Å². The molecule has 1 aromatic rings. The Morgan fingerprint density at radius 3 is 2.79 bits per heavy atom. The van der Waals surface area contributed by atoms with E-state index >= 15 is 0 Å². The fourth-order valence-corrected chi connectivity index (χ4v) is 2.42. The van der Waals surface area contributed by atoms with Crippen LogP contribution in [0.4, 0.5) is 0 Å². The summed E-state index contributed by atoms with van der Waals surface area (Å²) >= 11 is 5.27. The minimum absolute atomic E-state index is 0.365. The quantitative estimate of drug-likeness (QED) is 0.568. The molecule has 14 heavy (non-hydrogen) atoms. The average molecular weight is 366 g/mol. The minimum atomic E-state index is -0.454. The van der Waals surface area contributed by atoms with E-state index in [0.717, 1.165) is 3.57 Å². The van der Waals surface area contributed by atoms with Crippen molar-refractivity contribution in [1.82, 2.24) is 0 Å². The molecular formula is C9H5BrINO2. The molecule has 0 aliphatic carbocycles. The molecule has 0 bridgehead atoms. The fraction of sp³-hybridized carbons (Fsp3) is 0.111. The Morgan fingerprint density at radius 1 is 1.64 bits per heavy atom. The summed E-state index contributed by atoms with van der Waals surface area (Å²) in [5, 5.41) is 8.77. The molecule has 0 saturated heterocycles. The highest BCUT2D eigenvalue weighted by Crippen LogP contribution is 2.23. The summed E-state index contributed by atoms with van der Waals surface area (Å²) in [5.41, 5.74) is 0.832. The number of hydrogen-bond acceptors (Lipinski definition) is 3. The minimum Gasteiger partial charge on any atom is -0.465 e. The van der Waals surface area contributed by atoms with Crippen molar-refractivity contribution < 1.29 is 9.53 Å². The molecule has 0 radical (unpaired) electrons. The van der Waals surface area contributed by atoms with Crippen LogP contribution in [0.15, 0.2) is 16.6 Å². The van der Waals surface area contributed by atoms with Gasteiger partial charge in [0.15, 0.2) is 0 Å². The number of halogens is 2. The molecule has 0 N–H and O–H groups in total. The van der Waals surface area contributed by atoms with E-state index in [1.54, 1.807) is 6.07 Å². The molecule has 0 atom stereocenters. The number of benzene rings is 1. The third-order valence-corrected chi connectivity index (χ3v) is 3.13. The lowest BCUT2D eigenvalue weighted by Gasteiger charge is -2.04. The van der Waals surface area contributed by atoms with Gasteiger partial charge in [0.1, 0.15) is 6.07 Å². The molecular weight excluding hydrogens is 361 g/mol. The van der Waals surface area contributed by atoms with E-state index in [1.165, 1.54) is 13.2 Å². The van der Waals surface area contributed by atoms with Crippen molar-refractivity contribution in [2.45, 2.75) is 0 Å². The van der Waals surface area contributed by atoms with Crippen LogP contribution in [-0.2, 0) is 4.74 Å². The first-order valence-electron chi connectivity index (χ1n) is 3.57. The predicted molar refractivity (Wildman–Crippen MR) is 62.9 cm³/mol. The van der Waals surface area contributed by atoms with Gasteiger partial charge in [-0.1, -0.05) is 0 Å². The second-order valence-electron chi connectivity index (χ2n) is 2.42. The van der Waals surface area contributed by atoms with Gasteiger partial charge in [-0.25, -0.2) is 4.79 Å². The van der Waals surface area contributed by atoms with Crippen LogP contribution in [-0.4, -0.2) is 13.1 Å². The molecule has 0 aliphatic heterocycles. The number of hydrogen-bond donors (Lipinski definition) is 0. The first-order chi connectivity index (χ1) is 6.60. The zero-order valence-electron chi connectivity index (χ0n) is 7.17. The van der Waals surface area contributed by atoms with Gasteiger partial charge in [0.2, 0.25) is 0 Å². The molecule has 0 aromatic heterocycles. The van der Waals surface area contributed by atoms with E-state index in [0.29, 0.717) is 15.6 Å². The second kappa shape index (κ2) is 4.75. The number of nitrogens with zero attached hydrogens (tertiary/aromatic N) is 1. The topological polar surface area (TPSA) is 50.1 Å². The maximum absolute atomic E-state index is 11.2. The Labute approximate surface area is 103 Å². The van der Waals surface area contributed by atoms with Gasteiger partial charge in [-0.15, -0.1) is 0 Å². The number of esters is 1. The molecule has 1 aromatic carbocycles. The first-order valence-corrected chi connectivity index (χ1v) is 5.44. The van der Waals surface area contributed by atoms with Crippen molar-refractivity contribution in [1.29, 1.82) is 5.26 Å². The lowest BCUT2D eigenvalue weighted by molar-refractivity contribution is 0.0599. The predicted octanol–water partition coefficient (Wildman–Crippen LogP) is 2.71. The maximum Gasteiger partial charge on any atom is 0.339 e. The molecule has 0 spiro atoms. The lowest BCUT2D eigenvalue weighted by Crippen LogP contribution is -2.03. The SMILES string of the molecule is COC(=O)c1cc(C#N)c(I)cc1Br. The molecule has 3 nitrogen and oxygen atoms in total. The summed E-state index contributed by atoms with van der Waals surface area (Å²) < 4.78 is 6.00. The molecule has 5 heteroatoms. The summed E-state index contributed by atoms with van der Waals surface area (Å²) in [6.07, 6.45) is 0. The summed E-state index contributed by atoms with van der Waals surface area (Å²) in [7, 11) is 1.30. The molecule has 0 aliphatic rings.